The molecule has 0 radical (unpaired) electrons. The van der Waals surface area contributed by atoms with Crippen molar-refractivity contribution in [3.05, 3.63) is 72.4 Å². The molecule has 3 N–H and O–H groups in total. The molecule has 0 unspecified atom stereocenters. The van der Waals surface area contributed by atoms with Crippen LogP contribution in [0.4, 0.5) is 17.2 Å². The van der Waals surface area contributed by atoms with Gasteiger partial charge in [-0.3, -0.25) is 0 Å². The third kappa shape index (κ3) is 3.03. The van der Waals surface area contributed by atoms with Crippen LogP contribution in [0.2, 0.25) is 0 Å². The first-order valence-corrected chi connectivity index (χ1v) is 6.87. The predicted molar refractivity (Wildman–Crippen MR) is 88.5 cm³/mol. The van der Waals surface area contributed by atoms with Gasteiger partial charge in [0.2, 0.25) is 0 Å². The van der Waals surface area contributed by atoms with E-state index in [9.17, 15) is 0 Å². The summed E-state index contributed by atoms with van der Waals surface area (Å²) in [4.78, 5) is 4.28. The highest BCUT2D eigenvalue weighted by Gasteiger charge is 2.00. The number of hydrogen-bond donors (Lipinski definition) is 2. The Labute approximate surface area is 124 Å². The lowest BCUT2D eigenvalue weighted by molar-refractivity contribution is 1.28. The Hall–Kier alpha value is -2.81. The Kier molecular flexibility index (Phi) is 3.56. The van der Waals surface area contributed by atoms with Gasteiger partial charge in [0.15, 0.2) is 0 Å². The van der Waals surface area contributed by atoms with Crippen LogP contribution >= 0.6 is 0 Å². The smallest absolute Gasteiger partial charge is 0.130 e. The Morgan fingerprint density at radius 1 is 0.905 bits per heavy atom. The highest BCUT2D eigenvalue weighted by atomic mass is 15.0. The fourth-order valence-electron chi connectivity index (χ4n) is 2.16. The standard InChI is InChI=1S/C18H17N3/c1-13-11-18(20-12-17(13)19)21-16-9-7-15(8-10-16)14-5-3-2-4-6-14/h2-12H,19H2,1H3,(H,20,21). The van der Waals surface area contributed by atoms with Crippen molar-refractivity contribution < 1.29 is 0 Å². The number of benzene rings is 2. The van der Waals surface area contributed by atoms with Gasteiger partial charge in [0.25, 0.3) is 0 Å². The van der Waals surface area contributed by atoms with Gasteiger partial charge in [-0.05, 0) is 41.8 Å². The molecule has 3 rings (SSSR count). The maximum absolute atomic E-state index is 5.78. The minimum absolute atomic E-state index is 0.708. The Morgan fingerprint density at radius 2 is 1.57 bits per heavy atom. The summed E-state index contributed by atoms with van der Waals surface area (Å²) < 4.78 is 0. The van der Waals surface area contributed by atoms with Crippen molar-refractivity contribution in [1.82, 2.24) is 4.98 Å². The highest BCUT2D eigenvalue weighted by molar-refractivity contribution is 5.68. The van der Waals surface area contributed by atoms with Gasteiger partial charge in [-0.2, -0.15) is 0 Å². The molecule has 0 aliphatic carbocycles. The zero-order chi connectivity index (χ0) is 14.7. The van der Waals surface area contributed by atoms with E-state index in [2.05, 4.69) is 46.7 Å². The van der Waals surface area contributed by atoms with Gasteiger partial charge in [-0.25, -0.2) is 4.98 Å². The lowest BCUT2D eigenvalue weighted by Crippen LogP contribution is -1.97. The molecule has 0 amide bonds. The van der Waals surface area contributed by atoms with Crippen molar-refractivity contribution in [1.29, 1.82) is 0 Å². The minimum atomic E-state index is 0.708. The van der Waals surface area contributed by atoms with Gasteiger partial charge in [0.05, 0.1) is 11.9 Å². The van der Waals surface area contributed by atoms with Gasteiger partial charge in [0, 0.05) is 5.69 Å². The number of nitrogens with zero attached hydrogens (tertiary/aromatic N) is 1. The number of rotatable bonds is 3. The van der Waals surface area contributed by atoms with E-state index in [4.69, 9.17) is 5.73 Å². The second kappa shape index (κ2) is 5.67. The fourth-order valence-corrected chi connectivity index (χ4v) is 2.16. The van der Waals surface area contributed by atoms with Crippen molar-refractivity contribution in [2.75, 3.05) is 11.1 Å². The molecule has 0 saturated carbocycles. The summed E-state index contributed by atoms with van der Waals surface area (Å²) in [6.45, 7) is 1.97. The summed E-state index contributed by atoms with van der Waals surface area (Å²) in [5.41, 5.74) is 10.9. The maximum Gasteiger partial charge on any atom is 0.130 e. The molecule has 0 fully saturated rings. The number of nitrogens with two attached hydrogens (primary N) is 1. The molecule has 2 aromatic carbocycles. The maximum atomic E-state index is 5.78. The monoisotopic (exact) mass is 275 g/mol. The van der Waals surface area contributed by atoms with E-state index in [1.165, 1.54) is 11.1 Å². The summed E-state index contributed by atoms with van der Waals surface area (Å²) in [5.74, 6) is 0.800. The number of anilines is 3. The van der Waals surface area contributed by atoms with Crippen LogP contribution in [0, 0.1) is 6.92 Å². The van der Waals surface area contributed by atoms with E-state index in [0.717, 1.165) is 17.1 Å². The predicted octanol–water partition coefficient (Wildman–Crippen LogP) is 4.38. The summed E-state index contributed by atoms with van der Waals surface area (Å²) in [6.07, 6.45) is 1.68. The average Bonchev–Trinajstić information content (AvgIpc) is 2.53. The molecule has 0 aliphatic rings. The Balaban J connectivity index is 1.80. The largest absolute Gasteiger partial charge is 0.397 e. The number of aryl methyl sites for hydroxylation is 1. The minimum Gasteiger partial charge on any atom is -0.397 e. The third-order valence-electron chi connectivity index (χ3n) is 3.42. The molecule has 3 nitrogen and oxygen atoms in total. The molecule has 0 bridgehead atoms. The molecule has 1 aromatic heterocycles. The summed E-state index contributed by atoms with van der Waals surface area (Å²) in [7, 11) is 0. The zero-order valence-corrected chi connectivity index (χ0v) is 11.9. The molecule has 3 aromatic rings. The topological polar surface area (TPSA) is 50.9 Å². The first-order chi connectivity index (χ1) is 10.2. The van der Waals surface area contributed by atoms with Gasteiger partial charge < -0.3 is 11.1 Å². The molecular weight excluding hydrogens is 258 g/mol. The van der Waals surface area contributed by atoms with Crippen molar-refractivity contribution >= 4 is 17.2 Å². The first kappa shape index (κ1) is 13.2. The van der Waals surface area contributed by atoms with E-state index >= 15 is 0 Å². The van der Waals surface area contributed by atoms with E-state index in [0.29, 0.717) is 5.69 Å². The van der Waals surface area contributed by atoms with Crippen LogP contribution in [-0.2, 0) is 0 Å². The molecule has 0 spiro atoms. The second-order valence-corrected chi connectivity index (χ2v) is 4.99. The molecule has 0 atom stereocenters. The van der Waals surface area contributed by atoms with E-state index in [1.807, 2.05) is 31.2 Å². The fraction of sp³-hybridized carbons (Fsp3) is 0.0556. The number of hydrogen-bond acceptors (Lipinski definition) is 3. The number of pyridine rings is 1. The normalized spacial score (nSPS) is 10.3. The van der Waals surface area contributed by atoms with Crippen molar-refractivity contribution in [2.45, 2.75) is 6.92 Å². The molecule has 104 valence electrons. The molecular formula is C18H17N3. The SMILES string of the molecule is Cc1cc(Nc2ccc(-c3ccccc3)cc2)ncc1N. The van der Waals surface area contributed by atoms with Crippen LogP contribution < -0.4 is 11.1 Å². The van der Waals surface area contributed by atoms with Gasteiger partial charge in [0.1, 0.15) is 5.82 Å². The van der Waals surface area contributed by atoms with Crippen LogP contribution in [0.3, 0.4) is 0 Å². The van der Waals surface area contributed by atoms with Gasteiger partial charge >= 0.3 is 0 Å². The molecule has 3 heteroatoms. The third-order valence-corrected chi connectivity index (χ3v) is 3.42. The zero-order valence-electron chi connectivity index (χ0n) is 11.9. The Morgan fingerprint density at radius 3 is 2.24 bits per heavy atom. The Bertz CT molecular complexity index is 734. The molecule has 21 heavy (non-hydrogen) atoms. The van der Waals surface area contributed by atoms with Gasteiger partial charge in [-0.1, -0.05) is 42.5 Å². The van der Waals surface area contributed by atoms with E-state index in [1.54, 1.807) is 6.20 Å². The van der Waals surface area contributed by atoms with Crippen molar-refractivity contribution in [2.24, 2.45) is 0 Å². The second-order valence-electron chi connectivity index (χ2n) is 4.99. The van der Waals surface area contributed by atoms with E-state index < -0.39 is 0 Å². The molecule has 0 saturated heterocycles. The summed E-state index contributed by atoms with van der Waals surface area (Å²) in [5, 5.41) is 3.28. The van der Waals surface area contributed by atoms with Crippen LogP contribution in [0.1, 0.15) is 5.56 Å². The first-order valence-electron chi connectivity index (χ1n) is 6.87. The van der Waals surface area contributed by atoms with Crippen LogP contribution in [0.25, 0.3) is 11.1 Å². The number of nitrogen functional groups attached to an aromatic ring is 1. The number of aromatic nitrogens is 1. The average molecular weight is 275 g/mol. The molecule has 1 heterocycles. The summed E-state index contributed by atoms with van der Waals surface area (Å²) >= 11 is 0. The summed E-state index contributed by atoms with van der Waals surface area (Å²) in [6, 6.07) is 20.6. The van der Waals surface area contributed by atoms with Gasteiger partial charge in [-0.15, -0.1) is 0 Å². The van der Waals surface area contributed by atoms with Crippen LogP contribution in [0.5, 0.6) is 0 Å². The van der Waals surface area contributed by atoms with Crippen LogP contribution in [-0.4, -0.2) is 4.98 Å². The lowest BCUT2D eigenvalue weighted by atomic mass is 10.1. The molecule has 0 aliphatic heterocycles. The van der Waals surface area contributed by atoms with E-state index in [-0.39, 0.29) is 0 Å². The highest BCUT2D eigenvalue weighted by Crippen LogP contribution is 2.23. The lowest BCUT2D eigenvalue weighted by Gasteiger charge is -2.08. The number of nitrogens with one attached hydrogen (secondary N) is 1. The van der Waals surface area contributed by atoms with Crippen molar-refractivity contribution in [3.63, 3.8) is 0 Å². The van der Waals surface area contributed by atoms with Crippen molar-refractivity contribution in [3.8, 4) is 11.1 Å². The quantitative estimate of drug-likeness (QED) is 0.745. The van der Waals surface area contributed by atoms with Crippen LogP contribution in [0.15, 0.2) is 66.9 Å².